The molecule has 3 fully saturated rings. The Kier molecular flexibility index (Phi) is 2.43. The highest BCUT2D eigenvalue weighted by atomic mass is 16.2. The van der Waals surface area contributed by atoms with Crippen LogP contribution in [0.15, 0.2) is 0 Å². The van der Waals surface area contributed by atoms with Gasteiger partial charge in [0.15, 0.2) is 0 Å². The van der Waals surface area contributed by atoms with Crippen LogP contribution < -0.4 is 5.32 Å². The van der Waals surface area contributed by atoms with Gasteiger partial charge in [-0.3, -0.25) is 4.79 Å². The van der Waals surface area contributed by atoms with Gasteiger partial charge < -0.3 is 10.2 Å². The zero-order valence-electron chi connectivity index (χ0n) is 9.24. The highest BCUT2D eigenvalue weighted by Crippen LogP contribution is 2.36. The maximum absolute atomic E-state index is 12.0. The number of rotatable bonds is 1. The third kappa shape index (κ3) is 1.57. The van der Waals surface area contributed by atoms with Gasteiger partial charge in [0.05, 0.1) is 0 Å². The fourth-order valence-electron chi connectivity index (χ4n) is 3.63. The molecule has 2 saturated heterocycles. The molecule has 0 radical (unpaired) electrons. The smallest absolute Gasteiger partial charge is 0.223 e. The van der Waals surface area contributed by atoms with Gasteiger partial charge in [-0.25, -0.2) is 0 Å². The van der Waals surface area contributed by atoms with Crippen molar-refractivity contribution >= 4 is 5.91 Å². The third-order valence-corrected chi connectivity index (χ3v) is 4.39. The van der Waals surface area contributed by atoms with Crippen LogP contribution in [0.1, 0.15) is 38.5 Å². The van der Waals surface area contributed by atoms with Crippen LogP contribution in [0.25, 0.3) is 0 Å². The predicted octanol–water partition coefficient (Wildman–Crippen LogP) is 1.14. The molecule has 2 aliphatic heterocycles. The molecule has 1 amide bonds. The highest BCUT2D eigenvalue weighted by molar-refractivity contribution is 5.79. The molecule has 0 aromatic carbocycles. The molecule has 3 rings (SSSR count). The lowest BCUT2D eigenvalue weighted by Crippen LogP contribution is -2.50. The lowest BCUT2D eigenvalue weighted by Gasteiger charge is -2.35. The van der Waals surface area contributed by atoms with Gasteiger partial charge in [0.1, 0.15) is 0 Å². The van der Waals surface area contributed by atoms with Gasteiger partial charge in [-0.1, -0.05) is 12.8 Å². The van der Waals surface area contributed by atoms with E-state index in [1.807, 2.05) is 0 Å². The number of hydrogen-bond donors (Lipinski definition) is 1. The summed E-state index contributed by atoms with van der Waals surface area (Å²) in [5, 5.41) is 3.44. The average molecular weight is 208 g/mol. The van der Waals surface area contributed by atoms with Crippen molar-refractivity contribution in [1.29, 1.82) is 0 Å². The Bertz CT molecular complexity index is 260. The van der Waals surface area contributed by atoms with Crippen molar-refractivity contribution in [2.45, 2.75) is 50.6 Å². The Labute approximate surface area is 91.2 Å². The zero-order chi connectivity index (χ0) is 10.3. The summed E-state index contributed by atoms with van der Waals surface area (Å²) in [6.45, 7) is 2.14. The molecule has 0 bridgehead atoms. The van der Waals surface area contributed by atoms with Gasteiger partial charge in [0, 0.05) is 25.0 Å². The molecule has 0 spiro atoms. The summed E-state index contributed by atoms with van der Waals surface area (Å²) >= 11 is 0. The molecule has 0 aromatic rings. The average Bonchev–Trinajstić information content (AvgIpc) is 2.82. The number of nitrogens with zero attached hydrogens (tertiary/aromatic N) is 1. The quantitative estimate of drug-likeness (QED) is 0.701. The van der Waals surface area contributed by atoms with E-state index in [0.717, 1.165) is 19.5 Å². The number of piperidine rings is 1. The minimum Gasteiger partial charge on any atom is -0.335 e. The molecule has 2 atom stereocenters. The van der Waals surface area contributed by atoms with Crippen molar-refractivity contribution in [1.82, 2.24) is 10.2 Å². The van der Waals surface area contributed by atoms with Crippen LogP contribution in [0.5, 0.6) is 0 Å². The van der Waals surface area contributed by atoms with Crippen molar-refractivity contribution in [2.75, 3.05) is 13.1 Å². The Morgan fingerprint density at radius 1 is 1.20 bits per heavy atom. The van der Waals surface area contributed by atoms with Crippen molar-refractivity contribution in [3.05, 3.63) is 0 Å². The first-order valence-electron chi connectivity index (χ1n) is 6.38. The van der Waals surface area contributed by atoms with Crippen molar-refractivity contribution in [2.24, 2.45) is 5.92 Å². The fourth-order valence-corrected chi connectivity index (χ4v) is 3.63. The number of carbonyl (C=O) groups excluding carboxylic acids is 1. The molecule has 0 aromatic heterocycles. The standard InChI is InChI=1S/C12H20N2O/c15-12-7-9-5-6-13-8-11(9)14(12)10-3-1-2-4-10/h9-11,13H,1-8H2. The van der Waals surface area contributed by atoms with Gasteiger partial charge >= 0.3 is 0 Å². The molecule has 1 aliphatic carbocycles. The second kappa shape index (κ2) is 3.78. The van der Waals surface area contributed by atoms with Crippen molar-refractivity contribution < 1.29 is 4.79 Å². The molecule has 15 heavy (non-hydrogen) atoms. The van der Waals surface area contributed by atoms with Gasteiger partial charge in [0.25, 0.3) is 0 Å². The topological polar surface area (TPSA) is 32.3 Å². The Morgan fingerprint density at radius 3 is 2.80 bits per heavy atom. The van der Waals surface area contributed by atoms with Crippen LogP contribution in [0.3, 0.4) is 0 Å². The summed E-state index contributed by atoms with van der Waals surface area (Å²) in [6.07, 6.45) is 7.14. The van der Waals surface area contributed by atoms with E-state index in [0.29, 0.717) is 23.9 Å². The van der Waals surface area contributed by atoms with E-state index in [-0.39, 0.29) is 0 Å². The molecular weight excluding hydrogens is 188 g/mol. The number of nitrogens with one attached hydrogen (secondary N) is 1. The molecule has 2 heterocycles. The van der Waals surface area contributed by atoms with Gasteiger partial charge in [-0.2, -0.15) is 0 Å². The predicted molar refractivity (Wildman–Crippen MR) is 58.5 cm³/mol. The van der Waals surface area contributed by atoms with Gasteiger partial charge in [0.2, 0.25) is 5.91 Å². The van der Waals surface area contributed by atoms with Crippen LogP contribution in [-0.2, 0) is 4.79 Å². The molecule has 2 unspecified atom stereocenters. The Hall–Kier alpha value is -0.570. The van der Waals surface area contributed by atoms with Gasteiger partial charge in [-0.15, -0.1) is 0 Å². The summed E-state index contributed by atoms with van der Waals surface area (Å²) in [4.78, 5) is 14.3. The first-order chi connectivity index (χ1) is 7.36. The Balaban J connectivity index is 1.77. The zero-order valence-corrected chi connectivity index (χ0v) is 9.24. The fraction of sp³-hybridized carbons (Fsp3) is 0.917. The summed E-state index contributed by atoms with van der Waals surface area (Å²) < 4.78 is 0. The second-order valence-corrected chi connectivity index (χ2v) is 5.26. The largest absolute Gasteiger partial charge is 0.335 e. The summed E-state index contributed by atoms with van der Waals surface area (Å²) in [7, 11) is 0. The van der Waals surface area contributed by atoms with Crippen LogP contribution in [0, 0.1) is 5.92 Å². The summed E-state index contributed by atoms with van der Waals surface area (Å²) in [5.74, 6) is 1.08. The van der Waals surface area contributed by atoms with E-state index in [1.54, 1.807) is 0 Å². The van der Waals surface area contributed by atoms with E-state index in [4.69, 9.17) is 0 Å². The number of carbonyl (C=O) groups is 1. The monoisotopic (exact) mass is 208 g/mol. The van der Waals surface area contributed by atoms with Crippen LogP contribution in [0.2, 0.25) is 0 Å². The lowest BCUT2D eigenvalue weighted by atomic mass is 9.93. The van der Waals surface area contributed by atoms with E-state index in [9.17, 15) is 4.79 Å². The molecule has 3 nitrogen and oxygen atoms in total. The molecule has 3 heteroatoms. The van der Waals surface area contributed by atoms with E-state index in [1.165, 1.54) is 32.1 Å². The van der Waals surface area contributed by atoms with E-state index >= 15 is 0 Å². The first-order valence-corrected chi connectivity index (χ1v) is 6.38. The molecular formula is C12H20N2O. The number of fused-ring (bicyclic) bond motifs is 1. The van der Waals surface area contributed by atoms with Crippen molar-refractivity contribution in [3.63, 3.8) is 0 Å². The van der Waals surface area contributed by atoms with Crippen molar-refractivity contribution in [3.8, 4) is 0 Å². The normalized spacial score (nSPS) is 37.3. The van der Waals surface area contributed by atoms with Crippen LogP contribution in [0.4, 0.5) is 0 Å². The summed E-state index contributed by atoms with van der Waals surface area (Å²) in [5.41, 5.74) is 0. The SMILES string of the molecule is O=C1CC2CCNCC2N1C1CCCC1. The minimum atomic E-state index is 0.431. The first kappa shape index (κ1) is 9.64. The summed E-state index contributed by atoms with van der Waals surface area (Å²) in [6, 6.07) is 1.10. The maximum atomic E-state index is 12.0. The maximum Gasteiger partial charge on any atom is 0.223 e. The van der Waals surface area contributed by atoms with Gasteiger partial charge in [-0.05, 0) is 31.7 Å². The Morgan fingerprint density at radius 2 is 2.00 bits per heavy atom. The van der Waals surface area contributed by atoms with Crippen LogP contribution >= 0.6 is 0 Å². The van der Waals surface area contributed by atoms with E-state index in [2.05, 4.69) is 10.2 Å². The lowest BCUT2D eigenvalue weighted by molar-refractivity contribution is -0.131. The highest BCUT2D eigenvalue weighted by Gasteiger charge is 2.44. The van der Waals surface area contributed by atoms with E-state index < -0.39 is 0 Å². The number of likely N-dealkylation sites (tertiary alicyclic amines) is 1. The third-order valence-electron chi connectivity index (χ3n) is 4.39. The molecule has 84 valence electrons. The number of hydrogen-bond acceptors (Lipinski definition) is 2. The van der Waals surface area contributed by atoms with Crippen LogP contribution in [-0.4, -0.2) is 36.0 Å². The molecule has 1 N–H and O–H groups in total. The second-order valence-electron chi connectivity index (χ2n) is 5.26. The minimum absolute atomic E-state index is 0.431. The molecule has 3 aliphatic rings. The number of amides is 1. The molecule has 1 saturated carbocycles.